The first-order valence-electron chi connectivity index (χ1n) is 6.70. The van der Waals surface area contributed by atoms with Gasteiger partial charge in [-0.05, 0) is 30.7 Å². The minimum Gasteiger partial charge on any atom is -0.480 e. The number of benzene rings is 1. The fourth-order valence-electron chi connectivity index (χ4n) is 2.07. The maximum Gasteiger partial charge on any atom is 0.237 e. The van der Waals surface area contributed by atoms with Crippen molar-refractivity contribution >= 4 is 27.5 Å². The minimum atomic E-state index is -0.158. The monoisotopic (exact) mass is 369 g/mol. The normalized spacial score (nSPS) is 12.2. The quantitative estimate of drug-likeness (QED) is 0.835. The number of methoxy groups -OCH3 is 1. The number of nitrogens with one attached hydrogen (secondary N) is 1. The van der Waals surface area contributed by atoms with Crippen molar-refractivity contribution in [3.05, 3.63) is 51.3 Å². The van der Waals surface area contributed by atoms with Gasteiger partial charge in [0.05, 0.1) is 13.2 Å². The van der Waals surface area contributed by atoms with Gasteiger partial charge in [-0.2, -0.15) is 0 Å². The molecule has 0 radical (unpaired) electrons. The molecule has 1 unspecified atom stereocenters. The highest BCUT2D eigenvalue weighted by molar-refractivity contribution is 9.10. The van der Waals surface area contributed by atoms with E-state index in [9.17, 15) is 0 Å². The fourth-order valence-corrected chi connectivity index (χ4v) is 2.85. The van der Waals surface area contributed by atoms with Gasteiger partial charge in [0.1, 0.15) is 5.69 Å². The highest BCUT2D eigenvalue weighted by Crippen LogP contribution is 2.32. The largest absolute Gasteiger partial charge is 0.480 e. The summed E-state index contributed by atoms with van der Waals surface area (Å²) in [4.78, 5) is 8.64. The van der Waals surface area contributed by atoms with E-state index in [4.69, 9.17) is 16.3 Å². The van der Waals surface area contributed by atoms with E-state index in [2.05, 4.69) is 38.1 Å². The van der Waals surface area contributed by atoms with Gasteiger partial charge in [-0.3, -0.25) is 4.98 Å². The number of halogens is 2. The standard InChI is InChI=1S/C15H17BrClN3O/c1-3-6-18-13(11-5-4-10(16)9-12(11)17)14-15(21-2)20-8-7-19-14/h4-5,7-9,13,18H,3,6H2,1-2H3. The zero-order chi connectivity index (χ0) is 15.2. The summed E-state index contributed by atoms with van der Waals surface area (Å²) in [5, 5.41) is 4.13. The molecule has 1 N–H and O–H groups in total. The van der Waals surface area contributed by atoms with Crippen LogP contribution in [0.4, 0.5) is 0 Å². The van der Waals surface area contributed by atoms with Crippen LogP contribution in [0.5, 0.6) is 5.88 Å². The smallest absolute Gasteiger partial charge is 0.237 e. The summed E-state index contributed by atoms with van der Waals surface area (Å²) < 4.78 is 6.27. The molecular formula is C15H17BrClN3O. The van der Waals surface area contributed by atoms with Crippen molar-refractivity contribution in [2.24, 2.45) is 0 Å². The van der Waals surface area contributed by atoms with Gasteiger partial charge in [0.25, 0.3) is 0 Å². The maximum atomic E-state index is 6.39. The van der Waals surface area contributed by atoms with E-state index in [1.54, 1.807) is 19.5 Å². The highest BCUT2D eigenvalue weighted by atomic mass is 79.9. The van der Waals surface area contributed by atoms with Crippen LogP contribution in [0.3, 0.4) is 0 Å². The van der Waals surface area contributed by atoms with Crippen LogP contribution >= 0.6 is 27.5 Å². The lowest BCUT2D eigenvalue weighted by atomic mass is 10.0. The lowest BCUT2D eigenvalue weighted by Gasteiger charge is -2.21. The number of hydrogen-bond acceptors (Lipinski definition) is 4. The average Bonchev–Trinajstić information content (AvgIpc) is 2.49. The second-order valence-electron chi connectivity index (χ2n) is 4.50. The third kappa shape index (κ3) is 3.93. The maximum absolute atomic E-state index is 6.39. The van der Waals surface area contributed by atoms with Crippen LogP contribution in [0.1, 0.15) is 30.6 Å². The topological polar surface area (TPSA) is 47.0 Å². The predicted octanol–water partition coefficient (Wildman–Crippen LogP) is 3.99. The Morgan fingerprint density at radius 1 is 1.33 bits per heavy atom. The average molecular weight is 371 g/mol. The molecule has 0 saturated carbocycles. The van der Waals surface area contributed by atoms with Crippen LogP contribution < -0.4 is 10.1 Å². The number of nitrogens with zero attached hydrogens (tertiary/aromatic N) is 2. The van der Waals surface area contributed by atoms with Gasteiger partial charge in [0.2, 0.25) is 5.88 Å². The third-order valence-corrected chi connectivity index (χ3v) is 3.85. The summed E-state index contributed by atoms with van der Waals surface area (Å²) in [5.41, 5.74) is 1.68. The highest BCUT2D eigenvalue weighted by Gasteiger charge is 2.22. The first-order chi connectivity index (χ1) is 10.2. The third-order valence-electron chi connectivity index (χ3n) is 3.03. The zero-order valence-electron chi connectivity index (χ0n) is 11.9. The predicted molar refractivity (Wildman–Crippen MR) is 87.9 cm³/mol. The van der Waals surface area contributed by atoms with Crippen molar-refractivity contribution in [3.8, 4) is 5.88 Å². The van der Waals surface area contributed by atoms with Gasteiger partial charge >= 0.3 is 0 Å². The van der Waals surface area contributed by atoms with Gasteiger partial charge in [-0.15, -0.1) is 0 Å². The van der Waals surface area contributed by atoms with Crippen LogP contribution in [0.2, 0.25) is 5.02 Å². The Morgan fingerprint density at radius 2 is 2.10 bits per heavy atom. The second kappa shape index (κ2) is 7.73. The van der Waals surface area contributed by atoms with Gasteiger partial charge in [-0.1, -0.05) is 40.5 Å². The van der Waals surface area contributed by atoms with Crippen LogP contribution in [0.25, 0.3) is 0 Å². The molecule has 1 aromatic heterocycles. The SMILES string of the molecule is CCCNC(c1ccc(Br)cc1Cl)c1nccnc1OC. The van der Waals surface area contributed by atoms with E-state index < -0.39 is 0 Å². The van der Waals surface area contributed by atoms with Crippen molar-refractivity contribution < 1.29 is 4.74 Å². The second-order valence-corrected chi connectivity index (χ2v) is 5.83. The van der Waals surface area contributed by atoms with Crippen LogP contribution in [0.15, 0.2) is 35.1 Å². The van der Waals surface area contributed by atoms with Gasteiger partial charge in [0, 0.05) is 21.9 Å². The van der Waals surface area contributed by atoms with E-state index in [0.29, 0.717) is 10.9 Å². The Kier molecular flexibility index (Phi) is 5.96. The number of ether oxygens (including phenoxy) is 1. The molecule has 21 heavy (non-hydrogen) atoms. The number of aromatic nitrogens is 2. The molecule has 0 aliphatic carbocycles. The molecule has 1 atom stereocenters. The number of hydrogen-bond donors (Lipinski definition) is 1. The van der Waals surface area contributed by atoms with Crippen molar-refractivity contribution in [2.45, 2.75) is 19.4 Å². The van der Waals surface area contributed by atoms with Crippen molar-refractivity contribution in [1.82, 2.24) is 15.3 Å². The Bertz CT molecular complexity index is 609. The summed E-state index contributed by atoms with van der Waals surface area (Å²) >= 11 is 9.81. The van der Waals surface area contributed by atoms with Gasteiger partial charge < -0.3 is 10.1 Å². The summed E-state index contributed by atoms with van der Waals surface area (Å²) in [7, 11) is 1.59. The molecule has 0 spiro atoms. The lowest BCUT2D eigenvalue weighted by molar-refractivity contribution is 0.382. The van der Waals surface area contributed by atoms with Crippen molar-refractivity contribution in [1.29, 1.82) is 0 Å². The molecule has 2 rings (SSSR count). The van der Waals surface area contributed by atoms with E-state index >= 15 is 0 Å². The zero-order valence-corrected chi connectivity index (χ0v) is 14.3. The molecule has 0 saturated heterocycles. The first-order valence-corrected chi connectivity index (χ1v) is 7.87. The molecule has 0 bridgehead atoms. The van der Waals surface area contributed by atoms with Gasteiger partial charge in [0.15, 0.2) is 0 Å². The summed E-state index contributed by atoms with van der Waals surface area (Å²) in [6.07, 6.45) is 4.28. The molecular weight excluding hydrogens is 354 g/mol. The van der Waals surface area contributed by atoms with E-state index in [0.717, 1.165) is 28.7 Å². The molecule has 1 aromatic carbocycles. The molecule has 2 aromatic rings. The molecule has 1 heterocycles. The molecule has 4 nitrogen and oxygen atoms in total. The van der Waals surface area contributed by atoms with Crippen molar-refractivity contribution in [3.63, 3.8) is 0 Å². The van der Waals surface area contributed by atoms with E-state index in [1.165, 1.54) is 0 Å². The Hall–Kier alpha value is -1.17. The van der Waals surface area contributed by atoms with Crippen LogP contribution in [-0.4, -0.2) is 23.6 Å². The molecule has 0 fully saturated rings. The van der Waals surface area contributed by atoms with E-state index in [1.807, 2.05) is 18.2 Å². The summed E-state index contributed by atoms with van der Waals surface area (Å²) in [6.45, 7) is 2.96. The Labute approximate surface area is 138 Å². The molecule has 0 amide bonds. The Balaban J connectivity index is 2.47. The first kappa shape index (κ1) is 16.2. The van der Waals surface area contributed by atoms with Gasteiger partial charge in [-0.25, -0.2) is 4.98 Å². The lowest BCUT2D eigenvalue weighted by Crippen LogP contribution is -2.25. The van der Waals surface area contributed by atoms with Crippen LogP contribution in [0, 0.1) is 0 Å². The molecule has 0 aliphatic rings. The minimum absolute atomic E-state index is 0.158. The molecule has 112 valence electrons. The molecule has 6 heteroatoms. The summed E-state index contributed by atoms with van der Waals surface area (Å²) in [5.74, 6) is 0.505. The van der Waals surface area contributed by atoms with Crippen molar-refractivity contribution in [2.75, 3.05) is 13.7 Å². The molecule has 0 aliphatic heterocycles. The Morgan fingerprint density at radius 3 is 2.76 bits per heavy atom. The summed E-state index contributed by atoms with van der Waals surface area (Å²) in [6, 6.07) is 5.66. The van der Waals surface area contributed by atoms with E-state index in [-0.39, 0.29) is 6.04 Å². The fraction of sp³-hybridized carbons (Fsp3) is 0.333. The van der Waals surface area contributed by atoms with Crippen LogP contribution in [-0.2, 0) is 0 Å². The number of rotatable bonds is 6.